The first-order valence-electron chi connectivity index (χ1n) is 7.51. The SMILES string of the molecule is CCNC(=NCc1ccccc1OCC)NCC(=O)N(C)C. The summed E-state index contributed by atoms with van der Waals surface area (Å²) < 4.78 is 5.59. The molecule has 1 aromatic rings. The van der Waals surface area contributed by atoms with Crippen LogP contribution in [0.4, 0.5) is 0 Å². The maximum atomic E-state index is 11.6. The molecule has 6 heteroatoms. The number of guanidine groups is 1. The summed E-state index contributed by atoms with van der Waals surface area (Å²) in [4.78, 5) is 17.7. The van der Waals surface area contributed by atoms with Crippen molar-refractivity contribution in [1.29, 1.82) is 0 Å². The molecule has 0 atom stereocenters. The van der Waals surface area contributed by atoms with Gasteiger partial charge in [-0.3, -0.25) is 4.79 Å². The molecule has 0 aliphatic rings. The molecule has 0 saturated heterocycles. The summed E-state index contributed by atoms with van der Waals surface area (Å²) in [6, 6.07) is 7.83. The molecule has 1 aromatic carbocycles. The van der Waals surface area contributed by atoms with Crippen LogP contribution in [0.15, 0.2) is 29.3 Å². The molecule has 0 saturated carbocycles. The van der Waals surface area contributed by atoms with Gasteiger partial charge in [-0.25, -0.2) is 4.99 Å². The van der Waals surface area contributed by atoms with E-state index in [0.29, 0.717) is 19.1 Å². The van der Waals surface area contributed by atoms with Crippen molar-refractivity contribution in [2.24, 2.45) is 4.99 Å². The van der Waals surface area contributed by atoms with Crippen LogP contribution in [-0.2, 0) is 11.3 Å². The van der Waals surface area contributed by atoms with Gasteiger partial charge in [0.05, 0.1) is 19.7 Å². The topological polar surface area (TPSA) is 66.0 Å². The van der Waals surface area contributed by atoms with E-state index in [1.165, 1.54) is 0 Å². The molecule has 6 nitrogen and oxygen atoms in total. The highest BCUT2D eigenvalue weighted by Gasteiger charge is 2.06. The van der Waals surface area contributed by atoms with E-state index in [4.69, 9.17) is 4.74 Å². The van der Waals surface area contributed by atoms with Crippen molar-refractivity contribution in [2.75, 3.05) is 33.8 Å². The number of nitrogens with zero attached hydrogens (tertiary/aromatic N) is 2. The summed E-state index contributed by atoms with van der Waals surface area (Å²) in [7, 11) is 3.46. The van der Waals surface area contributed by atoms with Crippen LogP contribution >= 0.6 is 0 Å². The molecule has 0 unspecified atom stereocenters. The molecule has 22 heavy (non-hydrogen) atoms. The second-order valence-corrected chi connectivity index (χ2v) is 4.88. The first kappa shape index (κ1) is 17.8. The molecule has 0 spiro atoms. The lowest BCUT2D eigenvalue weighted by Gasteiger charge is -2.14. The molecule has 0 heterocycles. The van der Waals surface area contributed by atoms with Crippen molar-refractivity contribution in [3.05, 3.63) is 29.8 Å². The molecule has 0 bridgehead atoms. The van der Waals surface area contributed by atoms with Crippen LogP contribution in [0.1, 0.15) is 19.4 Å². The van der Waals surface area contributed by atoms with E-state index in [0.717, 1.165) is 17.9 Å². The van der Waals surface area contributed by atoms with Gasteiger partial charge in [0.2, 0.25) is 5.91 Å². The summed E-state index contributed by atoms with van der Waals surface area (Å²) >= 11 is 0. The van der Waals surface area contributed by atoms with Gasteiger partial charge in [-0.2, -0.15) is 0 Å². The zero-order chi connectivity index (χ0) is 16.4. The molecule has 0 aromatic heterocycles. The van der Waals surface area contributed by atoms with Crippen LogP contribution in [-0.4, -0.2) is 50.6 Å². The molecular formula is C16H26N4O2. The number of hydrogen-bond acceptors (Lipinski definition) is 3. The van der Waals surface area contributed by atoms with Crippen LogP contribution in [0.2, 0.25) is 0 Å². The monoisotopic (exact) mass is 306 g/mol. The summed E-state index contributed by atoms with van der Waals surface area (Å²) in [5, 5.41) is 6.16. The number of carbonyl (C=O) groups is 1. The highest BCUT2D eigenvalue weighted by molar-refractivity contribution is 5.86. The number of likely N-dealkylation sites (N-methyl/N-ethyl adjacent to an activating group) is 1. The second kappa shape index (κ2) is 9.65. The van der Waals surface area contributed by atoms with E-state index in [9.17, 15) is 4.79 Å². The molecule has 1 rings (SSSR count). The Morgan fingerprint density at radius 1 is 1.23 bits per heavy atom. The molecular weight excluding hydrogens is 280 g/mol. The quantitative estimate of drug-likeness (QED) is 0.587. The maximum absolute atomic E-state index is 11.6. The van der Waals surface area contributed by atoms with Crippen molar-refractivity contribution < 1.29 is 9.53 Å². The third-order valence-corrected chi connectivity index (χ3v) is 2.93. The number of carbonyl (C=O) groups excluding carboxylic acids is 1. The lowest BCUT2D eigenvalue weighted by molar-refractivity contribution is -0.127. The maximum Gasteiger partial charge on any atom is 0.241 e. The Balaban J connectivity index is 2.71. The number of ether oxygens (including phenoxy) is 1. The van der Waals surface area contributed by atoms with Crippen LogP contribution in [0.3, 0.4) is 0 Å². The molecule has 122 valence electrons. The zero-order valence-electron chi connectivity index (χ0n) is 13.8. The van der Waals surface area contributed by atoms with Crippen molar-refractivity contribution in [1.82, 2.24) is 15.5 Å². The van der Waals surface area contributed by atoms with Gasteiger partial charge in [0, 0.05) is 26.2 Å². The van der Waals surface area contributed by atoms with Crippen molar-refractivity contribution >= 4 is 11.9 Å². The average Bonchev–Trinajstić information content (AvgIpc) is 2.51. The summed E-state index contributed by atoms with van der Waals surface area (Å²) in [6.45, 7) is 6.00. The summed E-state index contributed by atoms with van der Waals surface area (Å²) in [6.07, 6.45) is 0. The number of para-hydroxylation sites is 1. The second-order valence-electron chi connectivity index (χ2n) is 4.88. The fourth-order valence-electron chi connectivity index (χ4n) is 1.75. The fourth-order valence-corrected chi connectivity index (χ4v) is 1.75. The normalized spacial score (nSPS) is 11.0. The van der Waals surface area contributed by atoms with Crippen LogP contribution < -0.4 is 15.4 Å². The Morgan fingerprint density at radius 3 is 2.59 bits per heavy atom. The molecule has 0 radical (unpaired) electrons. The van der Waals surface area contributed by atoms with Gasteiger partial charge < -0.3 is 20.3 Å². The third-order valence-electron chi connectivity index (χ3n) is 2.93. The van der Waals surface area contributed by atoms with E-state index in [2.05, 4.69) is 15.6 Å². The highest BCUT2D eigenvalue weighted by atomic mass is 16.5. The van der Waals surface area contributed by atoms with Gasteiger partial charge >= 0.3 is 0 Å². The minimum atomic E-state index is 0.000296. The van der Waals surface area contributed by atoms with Crippen molar-refractivity contribution in [3.63, 3.8) is 0 Å². The number of amides is 1. The average molecular weight is 306 g/mol. The van der Waals surface area contributed by atoms with Gasteiger partial charge in [-0.1, -0.05) is 18.2 Å². The molecule has 0 fully saturated rings. The Kier molecular flexibility index (Phi) is 7.81. The van der Waals surface area contributed by atoms with Crippen LogP contribution in [0.25, 0.3) is 0 Å². The van der Waals surface area contributed by atoms with E-state index in [-0.39, 0.29) is 12.5 Å². The van der Waals surface area contributed by atoms with Crippen LogP contribution in [0, 0.1) is 0 Å². The minimum absolute atomic E-state index is 0.000296. The number of benzene rings is 1. The van der Waals surface area contributed by atoms with E-state index in [1.54, 1.807) is 19.0 Å². The number of rotatable bonds is 7. The number of hydrogen-bond donors (Lipinski definition) is 2. The van der Waals surface area contributed by atoms with Gasteiger partial charge in [-0.15, -0.1) is 0 Å². The molecule has 0 aliphatic carbocycles. The predicted octanol–water partition coefficient (Wildman–Crippen LogP) is 1.23. The summed E-state index contributed by atoms with van der Waals surface area (Å²) in [5.41, 5.74) is 1.01. The first-order valence-corrected chi connectivity index (χ1v) is 7.51. The lowest BCUT2D eigenvalue weighted by Crippen LogP contribution is -2.42. The molecule has 2 N–H and O–H groups in total. The van der Waals surface area contributed by atoms with Gasteiger partial charge in [0.25, 0.3) is 0 Å². The van der Waals surface area contributed by atoms with Crippen LogP contribution in [0.5, 0.6) is 5.75 Å². The van der Waals surface area contributed by atoms with Gasteiger partial charge in [0.15, 0.2) is 5.96 Å². The van der Waals surface area contributed by atoms with E-state index < -0.39 is 0 Å². The fraction of sp³-hybridized carbons (Fsp3) is 0.500. The Morgan fingerprint density at radius 2 is 1.95 bits per heavy atom. The minimum Gasteiger partial charge on any atom is -0.494 e. The smallest absolute Gasteiger partial charge is 0.241 e. The standard InChI is InChI=1S/C16H26N4O2/c1-5-17-16(19-12-15(21)20(3)4)18-11-13-9-7-8-10-14(13)22-6-2/h7-10H,5-6,11-12H2,1-4H3,(H2,17,18,19). The highest BCUT2D eigenvalue weighted by Crippen LogP contribution is 2.18. The Labute approximate surface area is 132 Å². The molecule has 0 aliphatic heterocycles. The zero-order valence-corrected chi connectivity index (χ0v) is 13.8. The number of nitrogens with one attached hydrogen (secondary N) is 2. The lowest BCUT2D eigenvalue weighted by atomic mass is 10.2. The third kappa shape index (κ3) is 6.03. The molecule has 1 amide bonds. The number of aliphatic imine (C=N–C) groups is 1. The summed E-state index contributed by atoms with van der Waals surface area (Å²) in [5.74, 6) is 1.46. The first-order chi connectivity index (χ1) is 10.6. The predicted molar refractivity (Wildman–Crippen MR) is 89.1 cm³/mol. The van der Waals surface area contributed by atoms with Crippen molar-refractivity contribution in [2.45, 2.75) is 20.4 Å². The Bertz CT molecular complexity index is 501. The Hall–Kier alpha value is -2.24. The van der Waals surface area contributed by atoms with Gasteiger partial charge in [0.1, 0.15) is 5.75 Å². The largest absolute Gasteiger partial charge is 0.494 e. The van der Waals surface area contributed by atoms with Gasteiger partial charge in [-0.05, 0) is 19.9 Å². The van der Waals surface area contributed by atoms with Crippen molar-refractivity contribution in [3.8, 4) is 5.75 Å². The van der Waals surface area contributed by atoms with E-state index in [1.807, 2.05) is 38.1 Å². The van der Waals surface area contributed by atoms with E-state index >= 15 is 0 Å².